The van der Waals surface area contributed by atoms with Crippen LogP contribution in [0.4, 0.5) is 11.4 Å². The molecule has 0 bridgehead atoms. The first-order valence-electron chi connectivity index (χ1n) is 10.5. The lowest BCUT2D eigenvalue weighted by molar-refractivity contribution is 0.0698. The number of aryl methyl sites for hydroxylation is 2. The fourth-order valence-corrected chi connectivity index (χ4v) is 3.94. The number of halogens is 1. The molecular weight excluding hydrogens is 396 g/mol. The molecule has 2 aromatic heterocycles. The van der Waals surface area contributed by atoms with Crippen LogP contribution in [0.25, 0.3) is 11.0 Å². The molecule has 0 aliphatic carbocycles. The molecule has 0 unspecified atom stereocenters. The van der Waals surface area contributed by atoms with E-state index in [1.54, 1.807) is 6.20 Å². The van der Waals surface area contributed by atoms with Crippen LogP contribution in [0.5, 0.6) is 0 Å². The number of pyridine rings is 2. The zero-order valence-electron chi connectivity index (χ0n) is 17.8. The monoisotopic (exact) mass is 424 g/mol. The number of anilines is 2. The number of hydrogen-bond donors (Lipinski definition) is 1. The SMILES string of the molecule is CCc1ccccc1Nc1c(C(=O)N2CCC(C)CC2)cnc2nc(C)ccc12.Cl. The number of nitrogens with zero attached hydrogens (tertiary/aromatic N) is 3. The van der Waals surface area contributed by atoms with Gasteiger partial charge in [0, 0.05) is 36.1 Å². The number of piperidine rings is 1. The Hall–Kier alpha value is -2.66. The van der Waals surface area contributed by atoms with Gasteiger partial charge in [-0.15, -0.1) is 12.4 Å². The predicted molar refractivity (Wildman–Crippen MR) is 125 cm³/mol. The maximum Gasteiger partial charge on any atom is 0.257 e. The number of amides is 1. The third kappa shape index (κ3) is 4.41. The largest absolute Gasteiger partial charge is 0.354 e. The average Bonchev–Trinajstić information content (AvgIpc) is 2.74. The van der Waals surface area contributed by atoms with Gasteiger partial charge in [0.1, 0.15) is 0 Å². The van der Waals surface area contributed by atoms with Gasteiger partial charge in [0.05, 0.1) is 11.3 Å². The fourth-order valence-electron chi connectivity index (χ4n) is 3.94. The van der Waals surface area contributed by atoms with E-state index in [1.165, 1.54) is 5.56 Å². The minimum Gasteiger partial charge on any atom is -0.354 e. The molecule has 1 aliphatic heterocycles. The normalized spacial score (nSPS) is 14.4. The van der Waals surface area contributed by atoms with Gasteiger partial charge in [0.2, 0.25) is 0 Å². The molecule has 1 amide bonds. The Morgan fingerprint density at radius 1 is 1.17 bits per heavy atom. The first-order chi connectivity index (χ1) is 14.1. The van der Waals surface area contributed by atoms with E-state index in [-0.39, 0.29) is 18.3 Å². The smallest absolute Gasteiger partial charge is 0.257 e. The zero-order valence-corrected chi connectivity index (χ0v) is 18.6. The quantitative estimate of drug-likeness (QED) is 0.597. The second-order valence-corrected chi connectivity index (χ2v) is 7.98. The lowest BCUT2D eigenvalue weighted by atomic mass is 9.98. The van der Waals surface area contributed by atoms with E-state index >= 15 is 0 Å². The number of carbonyl (C=O) groups is 1. The van der Waals surface area contributed by atoms with Crippen molar-refractivity contribution in [3.05, 3.63) is 59.4 Å². The van der Waals surface area contributed by atoms with Gasteiger partial charge >= 0.3 is 0 Å². The Labute approximate surface area is 184 Å². The summed E-state index contributed by atoms with van der Waals surface area (Å²) in [6.07, 6.45) is 4.70. The van der Waals surface area contributed by atoms with E-state index in [0.717, 1.165) is 54.8 Å². The Morgan fingerprint density at radius 2 is 1.90 bits per heavy atom. The Balaban J connectivity index is 0.00000256. The summed E-state index contributed by atoms with van der Waals surface area (Å²) in [4.78, 5) is 24.5. The van der Waals surface area contributed by atoms with Crippen molar-refractivity contribution in [1.29, 1.82) is 0 Å². The molecule has 0 spiro atoms. The summed E-state index contributed by atoms with van der Waals surface area (Å²) in [5, 5.41) is 4.43. The summed E-state index contributed by atoms with van der Waals surface area (Å²) in [6.45, 7) is 7.94. The second kappa shape index (κ2) is 9.43. The highest BCUT2D eigenvalue weighted by atomic mass is 35.5. The standard InChI is InChI=1S/C24H28N4O.ClH/c1-4-18-7-5-6-8-21(18)27-22-19-10-9-17(3)26-23(19)25-15-20(22)24(29)28-13-11-16(2)12-14-28;/h5-10,15-16H,4,11-14H2,1-3H3,(H,25,26,27);1H. The lowest BCUT2D eigenvalue weighted by Crippen LogP contribution is -2.38. The molecule has 3 aromatic rings. The molecule has 4 rings (SSSR count). The number of hydrogen-bond acceptors (Lipinski definition) is 4. The van der Waals surface area contributed by atoms with Gasteiger partial charge in [-0.25, -0.2) is 9.97 Å². The van der Waals surface area contributed by atoms with Crippen LogP contribution >= 0.6 is 12.4 Å². The number of nitrogens with one attached hydrogen (secondary N) is 1. The van der Waals surface area contributed by atoms with Crippen LogP contribution in [-0.2, 0) is 6.42 Å². The molecule has 1 aliphatic rings. The van der Waals surface area contributed by atoms with Crippen molar-refractivity contribution >= 4 is 40.7 Å². The first-order valence-corrected chi connectivity index (χ1v) is 10.5. The third-order valence-electron chi connectivity index (χ3n) is 5.83. The van der Waals surface area contributed by atoms with E-state index in [0.29, 0.717) is 17.1 Å². The molecule has 1 N–H and O–H groups in total. The summed E-state index contributed by atoms with van der Waals surface area (Å²) >= 11 is 0. The van der Waals surface area contributed by atoms with Gasteiger partial charge in [-0.2, -0.15) is 0 Å². The highest BCUT2D eigenvalue weighted by molar-refractivity contribution is 6.07. The summed E-state index contributed by atoms with van der Waals surface area (Å²) in [5.41, 5.74) is 5.21. The van der Waals surface area contributed by atoms with Crippen molar-refractivity contribution in [1.82, 2.24) is 14.9 Å². The van der Waals surface area contributed by atoms with E-state index in [2.05, 4.69) is 41.3 Å². The van der Waals surface area contributed by atoms with Gasteiger partial charge in [0.25, 0.3) is 5.91 Å². The average molecular weight is 425 g/mol. The molecular formula is C24H29ClN4O. The lowest BCUT2D eigenvalue weighted by Gasteiger charge is -2.31. The number of benzene rings is 1. The Morgan fingerprint density at radius 3 is 2.63 bits per heavy atom. The van der Waals surface area contributed by atoms with Crippen molar-refractivity contribution in [3.63, 3.8) is 0 Å². The number of fused-ring (bicyclic) bond motifs is 1. The molecule has 1 saturated heterocycles. The van der Waals surface area contributed by atoms with E-state index in [9.17, 15) is 4.79 Å². The van der Waals surface area contributed by atoms with Crippen LogP contribution in [0, 0.1) is 12.8 Å². The second-order valence-electron chi connectivity index (χ2n) is 7.98. The van der Waals surface area contributed by atoms with Crippen LogP contribution in [0.3, 0.4) is 0 Å². The summed E-state index contributed by atoms with van der Waals surface area (Å²) in [7, 11) is 0. The Kier molecular flexibility index (Phi) is 6.93. The fraction of sp³-hybridized carbons (Fsp3) is 0.375. The van der Waals surface area contributed by atoms with Crippen LogP contribution in [0.1, 0.15) is 48.3 Å². The highest BCUT2D eigenvalue weighted by Crippen LogP contribution is 2.32. The number of aromatic nitrogens is 2. The van der Waals surface area contributed by atoms with Crippen molar-refractivity contribution in [2.45, 2.75) is 40.0 Å². The van der Waals surface area contributed by atoms with E-state index in [1.807, 2.05) is 36.1 Å². The molecule has 5 nitrogen and oxygen atoms in total. The predicted octanol–water partition coefficient (Wildman–Crippen LogP) is 5.54. The van der Waals surface area contributed by atoms with Gasteiger partial charge < -0.3 is 10.2 Å². The van der Waals surface area contributed by atoms with Gasteiger partial charge in [0.15, 0.2) is 5.65 Å². The number of likely N-dealkylation sites (tertiary alicyclic amines) is 1. The van der Waals surface area contributed by atoms with Crippen LogP contribution in [0.15, 0.2) is 42.6 Å². The van der Waals surface area contributed by atoms with Gasteiger partial charge in [-0.05, 0) is 55.9 Å². The maximum absolute atomic E-state index is 13.4. The molecule has 6 heteroatoms. The molecule has 0 saturated carbocycles. The van der Waals surface area contributed by atoms with Gasteiger partial charge in [-0.1, -0.05) is 32.0 Å². The highest BCUT2D eigenvalue weighted by Gasteiger charge is 2.25. The summed E-state index contributed by atoms with van der Waals surface area (Å²) < 4.78 is 0. The third-order valence-corrected chi connectivity index (χ3v) is 5.83. The molecule has 30 heavy (non-hydrogen) atoms. The summed E-state index contributed by atoms with van der Waals surface area (Å²) in [5.74, 6) is 0.721. The molecule has 0 atom stereocenters. The summed E-state index contributed by atoms with van der Waals surface area (Å²) in [6, 6.07) is 12.2. The minimum atomic E-state index is 0. The molecule has 1 fully saturated rings. The van der Waals surface area contributed by atoms with Crippen molar-refractivity contribution in [2.24, 2.45) is 5.92 Å². The molecule has 3 heterocycles. The van der Waals surface area contributed by atoms with E-state index < -0.39 is 0 Å². The first kappa shape index (κ1) is 22.0. The maximum atomic E-state index is 13.4. The minimum absolute atomic E-state index is 0. The number of rotatable bonds is 4. The van der Waals surface area contributed by atoms with E-state index in [4.69, 9.17) is 0 Å². The molecule has 158 valence electrons. The Bertz CT molecular complexity index is 1040. The number of carbonyl (C=O) groups excluding carboxylic acids is 1. The van der Waals surface area contributed by atoms with Gasteiger partial charge in [-0.3, -0.25) is 4.79 Å². The van der Waals surface area contributed by atoms with Crippen molar-refractivity contribution in [2.75, 3.05) is 18.4 Å². The number of para-hydroxylation sites is 1. The topological polar surface area (TPSA) is 58.1 Å². The van der Waals surface area contributed by atoms with Crippen LogP contribution in [-0.4, -0.2) is 33.9 Å². The van der Waals surface area contributed by atoms with Crippen LogP contribution in [0.2, 0.25) is 0 Å². The molecule has 1 aromatic carbocycles. The zero-order chi connectivity index (χ0) is 20.4. The van der Waals surface area contributed by atoms with Crippen molar-refractivity contribution in [3.8, 4) is 0 Å². The molecule has 0 radical (unpaired) electrons. The van der Waals surface area contributed by atoms with Crippen LogP contribution < -0.4 is 5.32 Å². The van der Waals surface area contributed by atoms with Crippen molar-refractivity contribution < 1.29 is 4.79 Å².